The van der Waals surface area contributed by atoms with E-state index in [-0.39, 0.29) is 5.56 Å². The molecule has 5 nitrogen and oxygen atoms in total. The van der Waals surface area contributed by atoms with Crippen LogP contribution in [0.1, 0.15) is 36.5 Å². The Morgan fingerprint density at radius 1 is 1.42 bits per heavy atom. The minimum absolute atomic E-state index is 0.214. The molecule has 0 aliphatic heterocycles. The highest BCUT2D eigenvalue weighted by molar-refractivity contribution is 5.89. The number of rotatable bonds is 5. The average Bonchev–Trinajstić information content (AvgIpc) is 2.85. The van der Waals surface area contributed by atoms with Crippen molar-refractivity contribution in [3.63, 3.8) is 0 Å². The van der Waals surface area contributed by atoms with E-state index in [4.69, 9.17) is 9.63 Å². The second-order valence-electron chi connectivity index (χ2n) is 4.83. The van der Waals surface area contributed by atoms with E-state index in [9.17, 15) is 4.79 Å². The fourth-order valence-corrected chi connectivity index (χ4v) is 1.68. The van der Waals surface area contributed by atoms with Gasteiger partial charge in [-0.1, -0.05) is 31.1 Å². The summed E-state index contributed by atoms with van der Waals surface area (Å²) >= 11 is 0. The summed E-state index contributed by atoms with van der Waals surface area (Å²) in [5.74, 6) is 0.627. The minimum atomic E-state index is -0.967. The number of benzene rings is 1. The van der Waals surface area contributed by atoms with Gasteiger partial charge in [-0.25, -0.2) is 4.79 Å². The number of hydrogen-bond acceptors (Lipinski definition) is 4. The van der Waals surface area contributed by atoms with Crippen LogP contribution in [-0.4, -0.2) is 21.2 Å². The number of carboxylic acid groups (broad SMARTS) is 1. The highest BCUT2D eigenvalue weighted by atomic mass is 16.5. The molecule has 5 heteroatoms. The third kappa shape index (κ3) is 3.40. The number of aromatic carboxylic acids is 1. The van der Waals surface area contributed by atoms with Gasteiger partial charge in [0.15, 0.2) is 0 Å². The van der Waals surface area contributed by atoms with Gasteiger partial charge in [-0.15, -0.1) is 0 Å². The van der Waals surface area contributed by atoms with Gasteiger partial charge in [0.1, 0.15) is 0 Å². The fourth-order valence-electron chi connectivity index (χ4n) is 1.68. The number of hydrogen-bond donors (Lipinski definition) is 1. The van der Waals surface area contributed by atoms with E-state index in [0.717, 1.165) is 12.8 Å². The summed E-state index contributed by atoms with van der Waals surface area (Å²) in [5.41, 5.74) is 0.866. The SMILES string of the molecule is CC(C)CCc1nc(-c2cccc(C(=O)O)c2)no1. The molecule has 0 saturated heterocycles. The van der Waals surface area contributed by atoms with E-state index in [1.165, 1.54) is 6.07 Å². The smallest absolute Gasteiger partial charge is 0.335 e. The molecule has 0 amide bonds. The predicted molar refractivity (Wildman–Crippen MR) is 69.9 cm³/mol. The zero-order valence-electron chi connectivity index (χ0n) is 11.0. The van der Waals surface area contributed by atoms with Gasteiger partial charge >= 0.3 is 5.97 Å². The molecule has 1 aromatic carbocycles. The average molecular weight is 260 g/mol. The monoisotopic (exact) mass is 260 g/mol. The Labute approximate surface area is 111 Å². The molecule has 0 radical (unpaired) electrons. The van der Waals surface area contributed by atoms with Crippen molar-refractivity contribution in [3.8, 4) is 11.4 Å². The van der Waals surface area contributed by atoms with Gasteiger partial charge in [0, 0.05) is 12.0 Å². The molecule has 0 bridgehead atoms. The van der Waals surface area contributed by atoms with Crippen LogP contribution >= 0.6 is 0 Å². The van der Waals surface area contributed by atoms with Gasteiger partial charge < -0.3 is 9.63 Å². The second-order valence-corrected chi connectivity index (χ2v) is 4.83. The molecular formula is C14H16N2O3. The third-order valence-corrected chi connectivity index (χ3v) is 2.77. The van der Waals surface area contributed by atoms with Gasteiger partial charge in [-0.05, 0) is 24.5 Å². The van der Waals surface area contributed by atoms with Gasteiger partial charge in [0.05, 0.1) is 5.56 Å². The summed E-state index contributed by atoms with van der Waals surface area (Å²) in [6, 6.07) is 6.51. The Hall–Kier alpha value is -2.17. The first-order chi connectivity index (χ1) is 9.06. The van der Waals surface area contributed by atoms with Crippen LogP contribution in [0.3, 0.4) is 0 Å². The van der Waals surface area contributed by atoms with Crippen LogP contribution in [0, 0.1) is 5.92 Å². The normalized spacial score (nSPS) is 10.9. The lowest BCUT2D eigenvalue weighted by atomic mass is 10.1. The van der Waals surface area contributed by atoms with Crippen LogP contribution in [0.2, 0.25) is 0 Å². The highest BCUT2D eigenvalue weighted by Crippen LogP contribution is 2.18. The maximum atomic E-state index is 10.9. The molecule has 1 aromatic heterocycles. The van der Waals surface area contributed by atoms with Crippen molar-refractivity contribution in [1.29, 1.82) is 0 Å². The Morgan fingerprint density at radius 2 is 2.21 bits per heavy atom. The molecule has 0 aliphatic carbocycles. The molecule has 0 atom stereocenters. The molecule has 1 N–H and O–H groups in total. The van der Waals surface area contributed by atoms with Crippen molar-refractivity contribution in [1.82, 2.24) is 10.1 Å². The molecule has 19 heavy (non-hydrogen) atoms. The molecule has 0 spiro atoms. The van der Waals surface area contributed by atoms with Crippen molar-refractivity contribution >= 4 is 5.97 Å². The first-order valence-corrected chi connectivity index (χ1v) is 6.22. The molecule has 0 fully saturated rings. The van der Waals surface area contributed by atoms with Crippen molar-refractivity contribution in [2.75, 3.05) is 0 Å². The first-order valence-electron chi connectivity index (χ1n) is 6.22. The zero-order chi connectivity index (χ0) is 13.8. The largest absolute Gasteiger partial charge is 0.478 e. The molecule has 100 valence electrons. The van der Waals surface area contributed by atoms with Gasteiger partial charge in [0.2, 0.25) is 11.7 Å². The molecular weight excluding hydrogens is 244 g/mol. The molecule has 2 rings (SSSR count). The van der Waals surface area contributed by atoms with Gasteiger partial charge in [0.25, 0.3) is 0 Å². The van der Waals surface area contributed by atoms with E-state index < -0.39 is 5.97 Å². The lowest BCUT2D eigenvalue weighted by Gasteiger charge is -1.99. The second kappa shape index (κ2) is 5.65. The fraction of sp³-hybridized carbons (Fsp3) is 0.357. The van der Waals surface area contributed by atoms with Crippen molar-refractivity contribution < 1.29 is 14.4 Å². The Balaban J connectivity index is 2.18. The first kappa shape index (κ1) is 13.3. The summed E-state index contributed by atoms with van der Waals surface area (Å²) < 4.78 is 5.16. The molecule has 0 unspecified atom stereocenters. The van der Waals surface area contributed by atoms with Crippen LogP contribution in [0.15, 0.2) is 28.8 Å². The van der Waals surface area contributed by atoms with Crippen molar-refractivity contribution in [3.05, 3.63) is 35.7 Å². The maximum Gasteiger partial charge on any atom is 0.335 e. The van der Waals surface area contributed by atoms with E-state index in [0.29, 0.717) is 23.2 Å². The standard InChI is InChI=1S/C14H16N2O3/c1-9(2)6-7-12-15-13(16-19-12)10-4-3-5-11(8-10)14(17)18/h3-5,8-9H,6-7H2,1-2H3,(H,17,18). The van der Waals surface area contributed by atoms with Crippen LogP contribution < -0.4 is 0 Å². The number of aromatic nitrogens is 2. The number of aryl methyl sites for hydroxylation is 1. The number of carbonyl (C=O) groups is 1. The minimum Gasteiger partial charge on any atom is -0.478 e. The summed E-state index contributed by atoms with van der Waals surface area (Å²) in [6.45, 7) is 4.27. The number of carboxylic acids is 1. The molecule has 0 aliphatic rings. The Morgan fingerprint density at radius 3 is 2.89 bits per heavy atom. The third-order valence-electron chi connectivity index (χ3n) is 2.77. The Kier molecular flexibility index (Phi) is 3.94. The number of nitrogens with zero attached hydrogens (tertiary/aromatic N) is 2. The van der Waals surface area contributed by atoms with E-state index in [2.05, 4.69) is 24.0 Å². The quantitative estimate of drug-likeness (QED) is 0.894. The molecule has 2 aromatic rings. The van der Waals surface area contributed by atoms with Gasteiger partial charge in [-0.2, -0.15) is 4.98 Å². The van der Waals surface area contributed by atoms with Crippen molar-refractivity contribution in [2.24, 2.45) is 5.92 Å². The van der Waals surface area contributed by atoms with Gasteiger partial charge in [-0.3, -0.25) is 0 Å². The highest BCUT2D eigenvalue weighted by Gasteiger charge is 2.11. The lowest BCUT2D eigenvalue weighted by Crippen LogP contribution is -1.96. The molecule has 0 saturated carbocycles. The van der Waals surface area contributed by atoms with Crippen LogP contribution in [0.25, 0.3) is 11.4 Å². The Bertz CT molecular complexity index is 576. The van der Waals surface area contributed by atoms with Crippen molar-refractivity contribution in [2.45, 2.75) is 26.7 Å². The zero-order valence-corrected chi connectivity index (χ0v) is 11.0. The summed E-state index contributed by atoms with van der Waals surface area (Å²) in [6.07, 6.45) is 1.72. The van der Waals surface area contributed by atoms with E-state index in [1.807, 2.05) is 0 Å². The van der Waals surface area contributed by atoms with E-state index >= 15 is 0 Å². The summed E-state index contributed by atoms with van der Waals surface area (Å²) in [4.78, 5) is 15.2. The summed E-state index contributed by atoms with van der Waals surface area (Å²) in [5, 5.41) is 12.8. The maximum absolute atomic E-state index is 10.9. The predicted octanol–water partition coefficient (Wildman–Crippen LogP) is 3.02. The summed E-state index contributed by atoms with van der Waals surface area (Å²) in [7, 11) is 0. The van der Waals surface area contributed by atoms with Crippen LogP contribution in [-0.2, 0) is 6.42 Å². The van der Waals surface area contributed by atoms with Crippen LogP contribution in [0.4, 0.5) is 0 Å². The topological polar surface area (TPSA) is 76.2 Å². The molecule has 1 heterocycles. The lowest BCUT2D eigenvalue weighted by molar-refractivity contribution is 0.0697. The van der Waals surface area contributed by atoms with E-state index in [1.54, 1.807) is 18.2 Å². The van der Waals surface area contributed by atoms with Crippen LogP contribution in [0.5, 0.6) is 0 Å².